The highest BCUT2D eigenvalue weighted by Crippen LogP contribution is 2.24. The van der Waals surface area contributed by atoms with Crippen molar-refractivity contribution in [2.45, 2.75) is 70.8 Å². The number of nitrogens with zero attached hydrogens (tertiary/aromatic N) is 1. The Morgan fingerprint density at radius 3 is 2.66 bits per heavy atom. The second-order valence-electron chi connectivity index (χ2n) is 7.87. The highest BCUT2D eigenvalue weighted by Gasteiger charge is 2.16. The molecular formula is C22H30N4O2S. The predicted octanol–water partition coefficient (Wildman–Crippen LogP) is 5.29. The molecule has 0 unspecified atom stereocenters. The quantitative estimate of drug-likeness (QED) is 0.575. The van der Waals surface area contributed by atoms with Gasteiger partial charge in [-0.25, -0.2) is 9.78 Å². The second-order valence-corrected chi connectivity index (χ2v) is 8.73. The predicted molar refractivity (Wildman–Crippen MR) is 119 cm³/mol. The average molecular weight is 415 g/mol. The van der Waals surface area contributed by atoms with E-state index >= 15 is 0 Å². The molecule has 3 amide bonds. The summed E-state index contributed by atoms with van der Waals surface area (Å²) < 4.78 is 0. The van der Waals surface area contributed by atoms with E-state index in [9.17, 15) is 9.59 Å². The van der Waals surface area contributed by atoms with Crippen LogP contribution in [0.1, 0.15) is 69.5 Å². The Hall–Kier alpha value is -2.41. The van der Waals surface area contributed by atoms with Gasteiger partial charge in [0.15, 0.2) is 5.13 Å². The summed E-state index contributed by atoms with van der Waals surface area (Å²) in [5, 5.41) is 11.3. The molecule has 1 aromatic carbocycles. The van der Waals surface area contributed by atoms with Crippen molar-refractivity contribution in [2.75, 3.05) is 10.6 Å². The Balaban J connectivity index is 1.45. The Bertz CT molecular complexity index is 828. The fourth-order valence-corrected chi connectivity index (χ4v) is 4.35. The molecule has 0 saturated heterocycles. The van der Waals surface area contributed by atoms with E-state index in [1.807, 2.05) is 29.6 Å². The summed E-state index contributed by atoms with van der Waals surface area (Å²) in [5.74, 6) is 0.314. The van der Waals surface area contributed by atoms with E-state index in [1.54, 1.807) is 0 Å². The molecule has 0 atom stereocenters. The van der Waals surface area contributed by atoms with Gasteiger partial charge in [0, 0.05) is 23.5 Å². The van der Waals surface area contributed by atoms with Gasteiger partial charge < -0.3 is 10.6 Å². The van der Waals surface area contributed by atoms with Crippen molar-refractivity contribution < 1.29 is 9.59 Å². The van der Waals surface area contributed by atoms with Gasteiger partial charge in [-0.05, 0) is 36.8 Å². The molecule has 0 radical (unpaired) electrons. The van der Waals surface area contributed by atoms with Crippen molar-refractivity contribution in [3.05, 3.63) is 40.9 Å². The molecule has 0 bridgehead atoms. The van der Waals surface area contributed by atoms with E-state index in [0.29, 0.717) is 23.9 Å². The van der Waals surface area contributed by atoms with Crippen LogP contribution in [-0.4, -0.2) is 23.0 Å². The van der Waals surface area contributed by atoms with E-state index in [2.05, 4.69) is 34.8 Å². The van der Waals surface area contributed by atoms with Crippen LogP contribution in [0.15, 0.2) is 29.6 Å². The van der Waals surface area contributed by atoms with Gasteiger partial charge in [0.25, 0.3) is 0 Å². The fourth-order valence-electron chi connectivity index (χ4n) is 3.61. The molecule has 1 heterocycles. The van der Waals surface area contributed by atoms with E-state index in [4.69, 9.17) is 0 Å². The number of nitrogens with one attached hydrogen (secondary N) is 3. The van der Waals surface area contributed by atoms with Crippen LogP contribution in [-0.2, 0) is 11.2 Å². The number of amides is 3. The zero-order chi connectivity index (χ0) is 20.6. The number of carbonyl (C=O) groups is 2. The Kier molecular flexibility index (Phi) is 7.63. The van der Waals surface area contributed by atoms with Gasteiger partial charge in [-0.2, -0.15) is 0 Å². The number of urea groups is 1. The number of hydrogen-bond donors (Lipinski definition) is 3. The van der Waals surface area contributed by atoms with Gasteiger partial charge in [0.05, 0.1) is 5.69 Å². The molecule has 3 N–H and O–H groups in total. The van der Waals surface area contributed by atoms with Crippen LogP contribution in [0.5, 0.6) is 0 Å². The number of aryl methyl sites for hydroxylation is 1. The Labute approximate surface area is 176 Å². The van der Waals surface area contributed by atoms with Crippen LogP contribution < -0.4 is 16.0 Å². The summed E-state index contributed by atoms with van der Waals surface area (Å²) in [6.45, 7) is 4.22. The summed E-state index contributed by atoms with van der Waals surface area (Å²) >= 11 is 1.39. The van der Waals surface area contributed by atoms with Gasteiger partial charge in [-0.15, -0.1) is 11.3 Å². The summed E-state index contributed by atoms with van der Waals surface area (Å²) in [6, 6.07) is 7.96. The lowest BCUT2D eigenvalue weighted by Gasteiger charge is -2.22. The maximum Gasteiger partial charge on any atom is 0.321 e. The van der Waals surface area contributed by atoms with E-state index < -0.39 is 0 Å². The van der Waals surface area contributed by atoms with Gasteiger partial charge >= 0.3 is 6.03 Å². The number of carbonyl (C=O) groups excluding carboxylic acids is 2. The maximum atomic E-state index is 12.4. The molecule has 7 heteroatoms. The summed E-state index contributed by atoms with van der Waals surface area (Å²) in [5.41, 5.74) is 2.81. The number of aromatic nitrogens is 1. The standard InChI is InChI=1S/C22H30N4O2S/c1-15(2)18-10-6-7-11-19(18)25-20(27)13-12-17-14-29-22(24-17)26-21(28)23-16-8-4-3-5-9-16/h6-7,10-11,14-16H,3-5,8-9,12-13H2,1-2H3,(H,25,27)(H2,23,24,26,28). The number of thiazole rings is 1. The molecule has 2 aromatic rings. The van der Waals surface area contributed by atoms with Crippen LogP contribution in [0.2, 0.25) is 0 Å². The summed E-state index contributed by atoms with van der Waals surface area (Å²) in [4.78, 5) is 28.9. The number of para-hydroxylation sites is 1. The van der Waals surface area contributed by atoms with Gasteiger partial charge in [-0.1, -0.05) is 51.3 Å². The van der Waals surface area contributed by atoms with Crippen LogP contribution in [0.4, 0.5) is 15.6 Å². The van der Waals surface area contributed by atoms with E-state index in [1.165, 1.54) is 30.6 Å². The largest absolute Gasteiger partial charge is 0.335 e. The van der Waals surface area contributed by atoms with Gasteiger partial charge in [0.2, 0.25) is 5.91 Å². The van der Waals surface area contributed by atoms with Crippen molar-refractivity contribution in [2.24, 2.45) is 0 Å². The lowest BCUT2D eigenvalue weighted by Crippen LogP contribution is -2.38. The molecule has 6 nitrogen and oxygen atoms in total. The van der Waals surface area contributed by atoms with Crippen molar-refractivity contribution in [1.82, 2.24) is 10.3 Å². The van der Waals surface area contributed by atoms with E-state index in [0.717, 1.165) is 29.8 Å². The second kappa shape index (κ2) is 10.4. The lowest BCUT2D eigenvalue weighted by atomic mass is 9.96. The zero-order valence-electron chi connectivity index (χ0n) is 17.2. The van der Waals surface area contributed by atoms with Gasteiger partial charge in [-0.3, -0.25) is 10.1 Å². The first kappa shape index (κ1) is 21.3. The van der Waals surface area contributed by atoms with Crippen LogP contribution in [0.3, 0.4) is 0 Å². The van der Waals surface area contributed by atoms with Gasteiger partial charge in [0.1, 0.15) is 0 Å². The SMILES string of the molecule is CC(C)c1ccccc1NC(=O)CCc1csc(NC(=O)NC2CCCCC2)n1. The van der Waals surface area contributed by atoms with Crippen molar-refractivity contribution in [3.63, 3.8) is 0 Å². The monoisotopic (exact) mass is 414 g/mol. The third-order valence-electron chi connectivity index (χ3n) is 5.18. The summed E-state index contributed by atoms with van der Waals surface area (Å²) in [6.07, 6.45) is 6.59. The molecular weight excluding hydrogens is 384 g/mol. The molecule has 1 aliphatic carbocycles. The molecule has 1 saturated carbocycles. The van der Waals surface area contributed by atoms with Crippen molar-refractivity contribution >= 4 is 34.1 Å². The summed E-state index contributed by atoms with van der Waals surface area (Å²) in [7, 11) is 0. The third-order valence-corrected chi connectivity index (χ3v) is 5.98. The molecule has 29 heavy (non-hydrogen) atoms. The number of benzene rings is 1. The first-order valence-corrected chi connectivity index (χ1v) is 11.3. The Morgan fingerprint density at radius 2 is 1.90 bits per heavy atom. The molecule has 3 rings (SSSR count). The minimum atomic E-state index is -0.194. The number of anilines is 2. The maximum absolute atomic E-state index is 12.4. The van der Waals surface area contributed by atoms with Crippen LogP contribution >= 0.6 is 11.3 Å². The topological polar surface area (TPSA) is 83.1 Å². The van der Waals surface area contributed by atoms with Crippen LogP contribution in [0, 0.1) is 0 Å². The smallest absolute Gasteiger partial charge is 0.321 e. The minimum absolute atomic E-state index is 0.0318. The molecule has 156 valence electrons. The van der Waals surface area contributed by atoms with Crippen molar-refractivity contribution in [3.8, 4) is 0 Å². The number of hydrogen-bond acceptors (Lipinski definition) is 4. The highest BCUT2D eigenvalue weighted by molar-refractivity contribution is 7.13. The minimum Gasteiger partial charge on any atom is -0.335 e. The molecule has 1 aromatic heterocycles. The van der Waals surface area contributed by atoms with Crippen molar-refractivity contribution in [1.29, 1.82) is 0 Å². The molecule has 0 aliphatic heterocycles. The van der Waals surface area contributed by atoms with Crippen LogP contribution in [0.25, 0.3) is 0 Å². The third kappa shape index (κ3) is 6.56. The first-order chi connectivity index (χ1) is 14.0. The lowest BCUT2D eigenvalue weighted by molar-refractivity contribution is -0.116. The normalized spacial score (nSPS) is 14.6. The fraction of sp³-hybridized carbons (Fsp3) is 0.500. The zero-order valence-corrected chi connectivity index (χ0v) is 18.0. The average Bonchev–Trinajstić information content (AvgIpc) is 3.14. The first-order valence-electron chi connectivity index (χ1n) is 10.4. The highest BCUT2D eigenvalue weighted by atomic mass is 32.1. The van der Waals surface area contributed by atoms with E-state index in [-0.39, 0.29) is 18.0 Å². The molecule has 1 fully saturated rings. The number of rotatable bonds is 7. The molecule has 0 spiro atoms. The Morgan fingerprint density at radius 1 is 1.14 bits per heavy atom. The molecule has 1 aliphatic rings.